The summed E-state index contributed by atoms with van der Waals surface area (Å²) in [4.78, 5) is 44.9. The van der Waals surface area contributed by atoms with Crippen molar-refractivity contribution in [2.24, 2.45) is 67.2 Å². The van der Waals surface area contributed by atoms with Crippen LogP contribution in [0.1, 0.15) is 79.7 Å². The topological polar surface area (TPSA) is 217 Å². The van der Waals surface area contributed by atoms with Crippen molar-refractivity contribution in [1.82, 2.24) is 0 Å². The number of ketones is 2. The minimum Gasteiger partial charge on any atom is -0.509 e. The van der Waals surface area contributed by atoms with Crippen LogP contribution < -0.4 is 11.5 Å². The van der Waals surface area contributed by atoms with E-state index >= 15 is 4.79 Å². The second-order valence-electron chi connectivity index (χ2n) is 17.5. The number of rotatable bonds is 6. The Hall–Kier alpha value is -4.06. The summed E-state index contributed by atoms with van der Waals surface area (Å²) in [5.41, 5.74) is 8.25. The fourth-order valence-electron chi connectivity index (χ4n) is 12.1. The van der Waals surface area contributed by atoms with Gasteiger partial charge in [0.25, 0.3) is 0 Å². The number of aliphatic imine (C=N–C) groups is 1. The average molecular weight is 730 g/mol. The molecule has 2 fully saturated rings. The number of hydrogen-bond acceptors (Lipinski definition) is 8. The molecular weight excluding hydrogens is 674 g/mol. The summed E-state index contributed by atoms with van der Waals surface area (Å²) in [5, 5.41) is 57.7. The highest BCUT2D eigenvalue weighted by Crippen LogP contribution is 2.77. The van der Waals surface area contributed by atoms with E-state index < -0.39 is 92.4 Å². The van der Waals surface area contributed by atoms with E-state index in [1.807, 2.05) is 90.1 Å². The van der Waals surface area contributed by atoms with Crippen molar-refractivity contribution >= 4 is 29.6 Å². The summed E-state index contributed by atoms with van der Waals surface area (Å²) in [7, 11) is 0. The Morgan fingerprint density at radius 1 is 1.04 bits per heavy atom. The number of nitrogens with two attached hydrogens (primary N) is 2. The highest BCUT2D eigenvalue weighted by Gasteiger charge is 2.76. The Labute approximate surface area is 311 Å². The van der Waals surface area contributed by atoms with Gasteiger partial charge in [-0.05, 0) is 48.2 Å². The zero-order valence-corrected chi connectivity index (χ0v) is 31.7. The van der Waals surface area contributed by atoms with Crippen LogP contribution in [0.4, 0.5) is 0 Å². The van der Waals surface area contributed by atoms with Crippen molar-refractivity contribution in [3.05, 3.63) is 76.6 Å². The number of benzene rings is 1. The number of carboxylic acids is 1. The Morgan fingerprint density at radius 2 is 1.68 bits per heavy atom. The molecule has 0 bridgehead atoms. The first-order valence-electron chi connectivity index (χ1n) is 18.6. The van der Waals surface area contributed by atoms with E-state index in [0.717, 1.165) is 5.56 Å². The largest absolute Gasteiger partial charge is 0.509 e. The number of fused-ring (bicyclic) bond motifs is 5. The molecule has 6 rings (SSSR count). The molecular formula is C42H55N3O8. The summed E-state index contributed by atoms with van der Waals surface area (Å²) in [6.07, 6.45) is 4.45. The van der Waals surface area contributed by atoms with Crippen molar-refractivity contribution in [3.63, 3.8) is 0 Å². The molecule has 1 spiro atoms. The van der Waals surface area contributed by atoms with Gasteiger partial charge in [-0.2, -0.15) is 0 Å². The third-order valence-corrected chi connectivity index (χ3v) is 15.0. The maximum atomic E-state index is 15.0. The molecule has 9 N–H and O–H groups in total. The van der Waals surface area contributed by atoms with E-state index in [2.05, 4.69) is 4.99 Å². The van der Waals surface area contributed by atoms with Gasteiger partial charge in [0, 0.05) is 51.9 Å². The number of carbonyl (C=O) groups is 3. The van der Waals surface area contributed by atoms with E-state index in [-0.39, 0.29) is 36.8 Å². The molecule has 5 aliphatic carbocycles. The highest BCUT2D eigenvalue weighted by atomic mass is 16.4. The molecule has 1 aromatic carbocycles. The third-order valence-electron chi connectivity index (χ3n) is 15.0. The van der Waals surface area contributed by atoms with Crippen molar-refractivity contribution in [1.29, 1.82) is 0 Å². The summed E-state index contributed by atoms with van der Waals surface area (Å²) in [6.45, 7) is 12.8. The molecule has 0 radical (unpaired) electrons. The monoisotopic (exact) mass is 729 g/mol. The SMILES string of the molecule is C/C(C(=O)O)=C(/O)[C@@H](O)[C@H]1[C@@H](C)[C@@]2(C=C[C@H]1N=C(N)N)C[C@H](O)[C@@]1(C)C3=C(C(=O)C[C@]21C)[C@@]1(C)CCC(=O)C(C)(C)[C@H]1[C@@H](/C=C/c1ccccc1)[C@H]3O. The Morgan fingerprint density at radius 3 is 2.28 bits per heavy atom. The summed E-state index contributed by atoms with van der Waals surface area (Å²) in [5.74, 6) is -5.02. The second-order valence-corrected chi connectivity index (χ2v) is 17.5. The molecule has 0 unspecified atom stereocenters. The number of aliphatic carboxylic acids is 1. The molecule has 11 nitrogen and oxygen atoms in total. The van der Waals surface area contributed by atoms with Gasteiger partial charge in [0.15, 0.2) is 11.7 Å². The number of Topliss-reactive ketones (excluding diaryl/α,β-unsaturated/α-hetero) is 2. The van der Waals surface area contributed by atoms with Gasteiger partial charge in [-0.3, -0.25) is 9.59 Å². The molecule has 0 heterocycles. The number of carboxylic acid groups (broad SMARTS) is 1. The van der Waals surface area contributed by atoms with Crippen LogP contribution in [0.15, 0.2) is 76.0 Å². The zero-order valence-electron chi connectivity index (χ0n) is 31.7. The van der Waals surface area contributed by atoms with Crippen molar-refractivity contribution in [2.75, 3.05) is 0 Å². The van der Waals surface area contributed by atoms with Crippen LogP contribution in [-0.4, -0.2) is 73.4 Å². The lowest BCUT2D eigenvalue weighted by Gasteiger charge is -2.65. The van der Waals surface area contributed by atoms with Gasteiger partial charge in [0.05, 0.1) is 23.8 Å². The van der Waals surface area contributed by atoms with Gasteiger partial charge in [-0.25, -0.2) is 9.79 Å². The minimum absolute atomic E-state index is 0.00769. The smallest absolute Gasteiger partial charge is 0.334 e. The fraction of sp³-hybridized carbons (Fsp3) is 0.571. The quantitative estimate of drug-likeness (QED) is 0.0716. The van der Waals surface area contributed by atoms with Crippen LogP contribution in [0.2, 0.25) is 0 Å². The summed E-state index contributed by atoms with van der Waals surface area (Å²) < 4.78 is 0. The van der Waals surface area contributed by atoms with E-state index in [1.54, 1.807) is 6.08 Å². The van der Waals surface area contributed by atoms with Gasteiger partial charge in [-0.1, -0.05) is 96.2 Å². The van der Waals surface area contributed by atoms with Crippen molar-refractivity contribution < 1.29 is 39.9 Å². The van der Waals surface area contributed by atoms with Gasteiger partial charge in [-0.15, -0.1) is 0 Å². The molecule has 1 aromatic rings. The van der Waals surface area contributed by atoms with Crippen LogP contribution in [0.5, 0.6) is 0 Å². The van der Waals surface area contributed by atoms with Crippen molar-refractivity contribution in [3.8, 4) is 0 Å². The lowest BCUT2D eigenvalue weighted by atomic mass is 9.38. The molecule has 53 heavy (non-hydrogen) atoms. The molecule has 12 atom stereocenters. The van der Waals surface area contributed by atoms with E-state index in [4.69, 9.17) is 11.5 Å². The van der Waals surface area contributed by atoms with E-state index in [9.17, 15) is 35.1 Å². The maximum absolute atomic E-state index is 15.0. The molecule has 5 aliphatic rings. The number of aliphatic hydroxyl groups is 4. The molecule has 0 saturated heterocycles. The van der Waals surface area contributed by atoms with Gasteiger partial charge < -0.3 is 37.0 Å². The normalized spacial score (nSPS) is 41.4. The molecule has 0 aliphatic heterocycles. The van der Waals surface area contributed by atoms with Crippen LogP contribution in [0.25, 0.3) is 6.08 Å². The summed E-state index contributed by atoms with van der Waals surface area (Å²) in [6, 6.07) is 8.83. The Bertz CT molecular complexity index is 1880. The number of carbonyl (C=O) groups excluding carboxylic acids is 2. The van der Waals surface area contributed by atoms with E-state index in [1.165, 1.54) is 6.92 Å². The molecule has 0 aromatic heterocycles. The zero-order chi connectivity index (χ0) is 39.2. The summed E-state index contributed by atoms with van der Waals surface area (Å²) >= 11 is 0. The first-order chi connectivity index (χ1) is 24.6. The van der Waals surface area contributed by atoms with Crippen LogP contribution in [-0.2, 0) is 14.4 Å². The number of hydrogen-bond donors (Lipinski definition) is 7. The highest BCUT2D eigenvalue weighted by molar-refractivity contribution is 6.01. The standard InChI is InChI=1S/C42H55N3O8/c1-21(36(52)53)32(49)34(51)29-22(2)42(18-15-25(29)45-37(43)44)20-28(48)41(7)31-30(26(46)19-40(41,42)6)39(5)17-16-27(47)38(3,4)35(39)24(33(31)50)14-13-23-11-9-8-10-12-23/h8-15,18,22,24-25,28-29,33-35,48-51H,16-17,19-20H2,1-7H3,(H,52,53)(H4,43,44,45)/b14-13+,32-21-/t22-,24+,25-,28+,29+,33-,34+,35-,39-,40+,41+,42-/m1/s1. The average Bonchev–Trinajstić information content (AvgIpc) is 3.26. The van der Waals surface area contributed by atoms with Gasteiger partial charge in [0.2, 0.25) is 0 Å². The Balaban J connectivity index is 1.57. The fourth-order valence-corrected chi connectivity index (χ4v) is 12.1. The molecule has 286 valence electrons. The lowest BCUT2D eigenvalue weighted by molar-refractivity contribution is -0.152. The lowest BCUT2D eigenvalue weighted by Crippen LogP contribution is -2.64. The van der Waals surface area contributed by atoms with Crippen LogP contribution in [0.3, 0.4) is 0 Å². The maximum Gasteiger partial charge on any atom is 0.334 e. The van der Waals surface area contributed by atoms with Gasteiger partial charge >= 0.3 is 5.97 Å². The van der Waals surface area contributed by atoms with Crippen LogP contribution in [0, 0.1) is 50.7 Å². The number of nitrogens with zero attached hydrogens (tertiary/aromatic N) is 1. The predicted octanol–water partition coefficient (Wildman–Crippen LogP) is 4.48. The van der Waals surface area contributed by atoms with Crippen molar-refractivity contribution in [2.45, 2.75) is 98.5 Å². The molecule has 0 amide bonds. The van der Waals surface area contributed by atoms with E-state index in [0.29, 0.717) is 17.6 Å². The minimum atomic E-state index is -1.70. The number of guanidine groups is 1. The van der Waals surface area contributed by atoms with Crippen LogP contribution >= 0.6 is 0 Å². The number of allylic oxidation sites excluding steroid dienone is 2. The first kappa shape index (κ1) is 38.7. The van der Waals surface area contributed by atoms with Gasteiger partial charge in [0.1, 0.15) is 17.6 Å². The molecule has 11 heteroatoms. The first-order valence-corrected chi connectivity index (χ1v) is 18.6. The Kier molecular flexibility index (Phi) is 9.32. The third kappa shape index (κ3) is 5.24. The molecule has 2 saturated carbocycles. The number of aliphatic hydroxyl groups excluding tert-OH is 4. The predicted molar refractivity (Wildman–Crippen MR) is 201 cm³/mol. The second kappa shape index (κ2) is 12.8.